The van der Waals surface area contributed by atoms with Gasteiger partial charge >= 0.3 is 0 Å². The van der Waals surface area contributed by atoms with Crippen molar-refractivity contribution in [2.75, 3.05) is 0 Å². The van der Waals surface area contributed by atoms with Crippen LogP contribution >= 0.6 is 0 Å². The highest BCUT2D eigenvalue weighted by Crippen LogP contribution is 2.17. The van der Waals surface area contributed by atoms with Gasteiger partial charge in [0.15, 0.2) is 0 Å². The van der Waals surface area contributed by atoms with E-state index in [4.69, 9.17) is 0 Å². The van der Waals surface area contributed by atoms with Crippen LogP contribution in [0, 0.1) is 6.92 Å². The first-order valence-corrected chi connectivity index (χ1v) is 6.15. The molecule has 0 spiro atoms. The average molecular weight is 242 g/mol. The van der Waals surface area contributed by atoms with E-state index in [1.54, 1.807) is 18.2 Å². The number of nitrogens with one attached hydrogen (secondary N) is 2. The van der Waals surface area contributed by atoms with E-state index in [1.165, 1.54) is 0 Å². The third-order valence-electron chi connectivity index (χ3n) is 1.95. The molecule has 0 aliphatic heterocycles. The van der Waals surface area contributed by atoms with Crippen molar-refractivity contribution >= 4 is 10.0 Å². The van der Waals surface area contributed by atoms with Crippen LogP contribution in [0.1, 0.15) is 11.1 Å². The van der Waals surface area contributed by atoms with E-state index in [2.05, 4.69) is 16.8 Å². The highest BCUT2D eigenvalue weighted by molar-refractivity contribution is 7.92. The number of phenolic OH excluding ortho intramolecular Hbond substituents is 1. The summed E-state index contributed by atoms with van der Waals surface area (Å²) in [6, 6.07) is 5.10. The molecule has 0 heterocycles. The maximum absolute atomic E-state index is 11.0. The lowest BCUT2D eigenvalue weighted by atomic mass is 10.1. The smallest absolute Gasteiger partial charge is 0.245 e. The molecule has 0 fully saturated rings. The summed E-state index contributed by atoms with van der Waals surface area (Å²) in [5.74, 6) is 0.121. The summed E-state index contributed by atoms with van der Waals surface area (Å²) in [6.45, 7) is 5.23. The number of hydrogen-bond acceptors (Lipinski definition) is 4. The van der Waals surface area contributed by atoms with E-state index in [-0.39, 0.29) is 12.3 Å². The first-order chi connectivity index (χ1) is 7.44. The molecular weight excluding hydrogens is 228 g/mol. The quantitative estimate of drug-likeness (QED) is 0.666. The second kappa shape index (κ2) is 5.11. The molecule has 6 heteroatoms. The fraction of sp³-hybridized carbons (Fsp3) is 0.200. The topological polar surface area (TPSA) is 78.4 Å². The maximum atomic E-state index is 11.0. The minimum Gasteiger partial charge on any atom is -0.508 e. The van der Waals surface area contributed by atoms with E-state index in [0.717, 1.165) is 11.0 Å². The Morgan fingerprint density at radius 3 is 2.81 bits per heavy atom. The van der Waals surface area contributed by atoms with Gasteiger partial charge in [-0.2, -0.15) is 0 Å². The molecule has 0 bridgehead atoms. The zero-order chi connectivity index (χ0) is 12.2. The van der Waals surface area contributed by atoms with Crippen molar-refractivity contribution in [3.63, 3.8) is 0 Å². The van der Waals surface area contributed by atoms with Crippen molar-refractivity contribution in [2.24, 2.45) is 0 Å². The number of phenols is 1. The van der Waals surface area contributed by atoms with Gasteiger partial charge in [0.05, 0.1) is 0 Å². The van der Waals surface area contributed by atoms with Crippen molar-refractivity contribution in [2.45, 2.75) is 13.5 Å². The molecule has 1 aromatic rings. The fourth-order valence-electron chi connectivity index (χ4n) is 1.13. The molecule has 0 radical (unpaired) electrons. The summed E-state index contributed by atoms with van der Waals surface area (Å²) in [5.41, 5.74) is 4.10. The highest BCUT2D eigenvalue weighted by Gasteiger charge is 2.04. The lowest BCUT2D eigenvalue weighted by molar-refractivity contribution is 0.462. The van der Waals surface area contributed by atoms with Crippen LogP contribution in [0.3, 0.4) is 0 Å². The minimum absolute atomic E-state index is 0.121. The second-order valence-corrected chi connectivity index (χ2v) is 4.93. The Labute approximate surface area is 94.8 Å². The maximum Gasteiger partial charge on any atom is 0.245 e. The van der Waals surface area contributed by atoms with Gasteiger partial charge in [0, 0.05) is 17.5 Å². The molecular formula is C10H14N2O3S. The number of hydrogen-bond donors (Lipinski definition) is 3. The van der Waals surface area contributed by atoms with E-state index in [9.17, 15) is 13.5 Å². The van der Waals surface area contributed by atoms with Crippen molar-refractivity contribution in [3.8, 4) is 5.75 Å². The number of sulfonamides is 1. The van der Waals surface area contributed by atoms with Gasteiger partial charge in [0.25, 0.3) is 0 Å². The molecule has 1 aromatic carbocycles. The zero-order valence-electron chi connectivity index (χ0n) is 8.90. The SMILES string of the molecule is C=CS(=O)(=O)NNCc1cc(C)ccc1O. The van der Waals surface area contributed by atoms with Gasteiger partial charge in [0.1, 0.15) is 5.75 Å². The largest absolute Gasteiger partial charge is 0.508 e. The number of hydrazine groups is 1. The number of aromatic hydroxyl groups is 1. The lowest BCUT2D eigenvalue weighted by Crippen LogP contribution is -2.35. The molecule has 16 heavy (non-hydrogen) atoms. The molecule has 0 amide bonds. The summed E-state index contributed by atoms with van der Waals surface area (Å²) in [6.07, 6.45) is 0. The number of rotatable bonds is 5. The molecule has 5 nitrogen and oxygen atoms in total. The van der Waals surface area contributed by atoms with Gasteiger partial charge in [-0.15, -0.1) is 4.83 Å². The monoisotopic (exact) mass is 242 g/mol. The lowest BCUT2D eigenvalue weighted by Gasteiger charge is -2.07. The predicted molar refractivity (Wildman–Crippen MR) is 61.9 cm³/mol. The van der Waals surface area contributed by atoms with Crippen LogP contribution in [-0.2, 0) is 16.6 Å². The van der Waals surface area contributed by atoms with Gasteiger partial charge in [0.2, 0.25) is 10.0 Å². The normalized spacial score (nSPS) is 11.3. The molecule has 88 valence electrons. The summed E-state index contributed by atoms with van der Waals surface area (Å²) in [7, 11) is -3.49. The van der Waals surface area contributed by atoms with Crippen LogP contribution < -0.4 is 10.3 Å². The summed E-state index contributed by atoms with van der Waals surface area (Å²) in [5, 5.41) is 10.3. The van der Waals surface area contributed by atoms with E-state index in [0.29, 0.717) is 5.56 Å². The van der Waals surface area contributed by atoms with E-state index < -0.39 is 10.0 Å². The Morgan fingerprint density at radius 2 is 2.19 bits per heavy atom. The molecule has 0 saturated carbocycles. The van der Waals surface area contributed by atoms with Gasteiger partial charge in [-0.3, -0.25) is 0 Å². The molecule has 0 aliphatic rings. The summed E-state index contributed by atoms with van der Waals surface area (Å²) < 4.78 is 22.0. The van der Waals surface area contributed by atoms with Crippen LogP contribution in [0.25, 0.3) is 0 Å². The predicted octanol–water partition coefficient (Wildman–Crippen LogP) is 0.768. The third kappa shape index (κ3) is 3.65. The van der Waals surface area contributed by atoms with Crippen molar-refractivity contribution in [1.29, 1.82) is 0 Å². The summed E-state index contributed by atoms with van der Waals surface area (Å²) in [4.78, 5) is 2.10. The van der Waals surface area contributed by atoms with E-state index in [1.807, 2.05) is 6.92 Å². The molecule has 0 aromatic heterocycles. The Balaban J connectivity index is 2.62. The molecule has 0 atom stereocenters. The fourth-order valence-corrected chi connectivity index (χ4v) is 1.49. The highest BCUT2D eigenvalue weighted by atomic mass is 32.2. The molecule has 1 rings (SSSR count). The van der Waals surface area contributed by atoms with Crippen molar-refractivity contribution in [1.82, 2.24) is 10.3 Å². The molecule has 0 unspecified atom stereocenters. The first kappa shape index (κ1) is 12.7. The van der Waals surface area contributed by atoms with Gasteiger partial charge in [-0.05, 0) is 13.0 Å². The van der Waals surface area contributed by atoms with Crippen LogP contribution in [0.15, 0.2) is 30.2 Å². The van der Waals surface area contributed by atoms with Crippen LogP contribution in [0.4, 0.5) is 0 Å². The van der Waals surface area contributed by atoms with Crippen LogP contribution in [0.2, 0.25) is 0 Å². The first-order valence-electron chi connectivity index (χ1n) is 4.60. The Kier molecular flexibility index (Phi) is 4.05. The molecule has 0 saturated heterocycles. The standard InChI is InChI=1S/C10H14N2O3S/c1-3-16(14,15)12-11-7-9-6-8(2)4-5-10(9)13/h3-6,11-13H,1,7H2,2H3. The Bertz CT molecular complexity index is 483. The minimum atomic E-state index is -3.49. The van der Waals surface area contributed by atoms with Crippen LogP contribution in [0.5, 0.6) is 5.75 Å². The van der Waals surface area contributed by atoms with E-state index >= 15 is 0 Å². The van der Waals surface area contributed by atoms with Gasteiger partial charge in [-0.25, -0.2) is 13.8 Å². The summed E-state index contributed by atoms with van der Waals surface area (Å²) >= 11 is 0. The van der Waals surface area contributed by atoms with Gasteiger partial charge in [-0.1, -0.05) is 24.3 Å². The zero-order valence-corrected chi connectivity index (χ0v) is 9.71. The molecule has 3 N–H and O–H groups in total. The number of benzene rings is 1. The van der Waals surface area contributed by atoms with Gasteiger partial charge < -0.3 is 5.11 Å². The Morgan fingerprint density at radius 1 is 1.50 bits per heavy atom. The third-order valence-corrected chi connectivity index (χ3v) is 2.82. The Hall–Kier alpha value is -1.37. The second-order valence-electron chi connectivity index (χ2n) is 3.30. The van der Waals surface area contributed by atoms with Crippen molar-refractivity contribution in [3.05, 3.63) is 41.3 Å². The van der Waals surface area contributed by atoms with Crippen molar-refractivity contribution < 1.29 is 13.5 Å². The average Bonchev–Trinajstić information content (AvgIpc) is 2.23. The van der Waals surface area contributed by atoms with Crippen LogP contribution in [-0.4, -0.2) is 13.5 Å². The number of aryl methyl sites for hydroxylation is 1. The molecule has 0 aliphatic carbocycles.